The normalized spacial score (nSPS) is 22.6. The molecule has 0 bridgehead atoms. The highest BCUT2D eigenvalue weighted by Crippen LogP contribution is 2.21. The zero-order valence-electron chi connectivity index (χ0n) is 10.5. The smallest absolute Gasteiger partial charge is 0.407 e. The number of piperidine rings is 1. The van der Waals surface area contributed by atoms with E-state index < -0.39 is 6.09 Å². The zero-order chi connectivity index (χ0) is 13.8. The summed E-state index contributed by atoms with van der Waals surface area (Å²) in [5.74, 6) is 0.361. The molecule has 0 aliphatic carbocycles. The third-order valence-electron chi connectivity index (χ3n) is 3.10. The van der Waals surface area contributed by atoms with E-state index in [-0.39, 0.29) is 17.8 Å². The second-order valence-corrected chi connectivity index (χ2v) is 4.44. The lowest BCUT2D eigenvalue weighted by atomic mass is 10.0. The van der Waals surface area contributed by atoms with E-state index in [1.54, 1.807) is 0 Å². The van der Waals surface area contributed by atoms with Gasteiger partial charge in [0.2, 0.25) is 5.88 Å². The van der Waals surface area contributed by atoms with Gasteiger partial charge in [-0.25, -0.2) is 14.8 Å². The molecule has 2 heterocycles. The van der Waals surface area contributed by atoms with Gasteiger partial charge in [0.15, 0.2) is 5.69 Å². The highest BCUT2D eigenvalue weighted by molar-refractivity contribution is 5.65. The van der Waals surface area contributed by atoms with Crippen molar-refractivity contribution in [2.75, 3.05) is 6.54 Å². The maximum absolute atomic E-state index is 10.9. The Morgan fingerprint density at radius 1 is 1.58 bits per heavy atom. The number of carboxylic acid groups (broad SMARTS) is 1. The Morgan fingerprint density at radius 2 is 2.37 bits per heavy atom. The van der Waals surface area contributed by atoms with Crippen molar-refractivity contribution >= 4 is 6.09 Å². The fourth-order valence-corrected chi connectivity index (χ4v) is 2.13. The van der Waals surface area contributed by atoms with Gasteiger partial charge in [0.05, 0.1) is 12.4 Å². The molecule has 0 radical (unpaired) electrons. The summed E-state index contributed by atoms with van der Waals surface area (Å²) in [6.45, 7) is 2.30. The van der Waals surface area contributed by atoms with Crippen molar-refractivity contribution in [3.8, 4) is 11.9 Å². The number of amides is 1. The van der Waals surface area contributed by atoms with Crippen LogP contribution in [0.3, 0.4) is 0 Å². The van der Waals surface area contributed by atoms with Crippen LogP contribution in [0.1, 0.15) is 25.5 Å². The maximum atomic E-state index is 10.9. The summed E-state index contributed by atoms with van der Waals surface area (Å²) in [5, 5.41) is 17.6. The highest BCUT2D eigenvalue weighted by atomic mass is 16.5. The van der Waals surface area contributed by atoms with Crippen molar-refractivity contribution in [1.29, 1.82) is 5.26 Å². The topological polar surface area (TPSA) is 99.3 Å². The summed E-state index contributed by atoms with van der Waals surface area (Å²) < 4.78 is 5.65. The van der Waals surface area contributed by atoms with E-state index in [9.17, 15) is 4.79 Å². The Bertz CT molecular complexity index is 497. The van der Waals surface area contributed by atoms with E-state index in [4.69, 9.17) is 15.1 Å². The zero-order valence-corrected chi connectivity index (χ0v) is 10.5. The number of nitriles is 1. The molecule has 0 aromatic carbocycles. The van der Waals surface area contributed by atoms with Crippen LogP contribution in [0.4, 0.5) is 4.79 Å². The lowest BCUT2D eigenvalue weighted by molar-refractivity contribution is 0.0582. The van der Waals surface area contributed by atoms with Gasteiger partial charge in [0.25, 0.3) is 0 Å². The van der Waals surface area contributed by atoms with Crippen molar-refractivity contribution in [3.63, 3.8) is 0 Å². The molecule has 1 amide bonds. The molecule has 1 aromatic rings. The first-order valence-electron chi connectivity index (χ1n) is 5.98. The van der Waals surface area contributed by atoms with Crippen molar-refractivity contribution in [1.82, 2.24) is 14.9 Å². The van der Waals surface area contributed by atoms with Crippen LogP contribution >= 0.6 is 0 Å². The molecule has 7 heteroatoms. The van der Waals surface area contributed by atoms with Crippen LogP contribution in [-0.2, 0) is 0 Å². The summed E-state index contributed by atoms with van der Waals surface area (Å²) in [4.78, 5) is 20.2. The van der Waals surface area contributed by atoms with E-state index in [0.29, 0.717) is 25.3 Å². The molecule has 19 heavy (non-hydrogen) atoms. The molecule has 100 valence electrons. The van der Waals surface area contributed by atoms with Crippen LogP contribution < -0.4 is 4.74 Å². The average molecular weight is 262 g/mol. The number of ether oxygens (including phenoxy) is 1. The third kappa shape index (κ3) is 3.10. The standard InChI is InChI=1S/C12H14N4O3/c1-8-4-10(2-3-16(8)12(17)18)19-11-7-14-9(5-13)6-15-11/h6-8,10H,2-4H2,1H3,(H,17,18)/t8-,10-/m0/s1. The van der Waals surface area contributed by atoms with E-state index in [1.807, 2.05) is 13.0 Å². The minimum Gasteiger partial charge on any atom is -0.473 e. The molecule has 1 aromatic heterocycles. The average Bonchev–Trinajstić information content (AvgIpc) is 2.39. The van der Waals surface area contributed by atoms with Gasteiger partial charge in [-0.15, -0.1) is 0 Å². The Hall–Kier alpha value is -2.36. The van der Waals surface area contributed by atoms with E-state index >= 15 is 0 Å². The molecule has 1 fully saturated rings. The molecule has 1 N–H and O–H groups in total. The lowest BCUT2D eigenvalue weighted by Crippen LogP contribution is -2.46. The Labute approximate surface area is 110 Å². The molecular weight excluding hydrogens is 248 g/mol. The van der Waals surface area contributed by atoms with E-state index in [0.717, 1.165) is 0 Å². The number of hydrogen-bond acceptors (Lipinski definition) is 5. The Morgan fingerprint density at radius 3 is 2.89 bits per heavy atom. The third-order valence-corrected chi connectivity index (χ3v) is 3.10. The minimum absolute atomic E-state index is 0.0761. The van der Waals surface area contributed by atoms with Crippen molar-refractivity contribution < 1.29 is 14.6 Å². The first-order chi connectivity index (χ1) is 9.10. The van der Waals surface area contributed by atoms with Gasteiger partial charge in [0, 0.05) is 25.4 Å². The molecule has 1 aliphatic heterocycles. The van der Waals surface area contributed by atoms with Crippen LogP contribution in [0.2, 0.25) is 0 Å². The highest BCUT2D eigenvalue weighted by Gasteiger charge is 2.29. The van der Waals surface area contributed by atoms with Crippen LogP contribution in [-0.4, -0.2) is 44.8 Å². The number of carbonyl (C=O) groups is 1. The molecule has 2 atom stereocenters. The molecular formula is C12H14N4O3. The number of rotatable bonds is 2. The quantitative estimate of drug-likeness (QED) is 0.861. The molecule has 0 spiro atoms. The first kappa shape index (κ1) is 13.1. The van der Waals surface area contributed by atoms with Gasteiger partial charge in [0.1, 0.15) is 12.2 Å². The molecule has 7 nitrogen and oxygen atoms in total. The van der Waals surface area contributed by atoms with E-state index in [2.05, 4.69) is 9.97 Å². The predicted molar refractivity (Wildman–Crippen MR) is 64.6 cm³/mol. The van der Waals surface area contributed by atoms with Gasteiger partial charge >= 0.3 is 6.09 Å². The van der Waals surface area contributed by atoms with Gasteiger partial charge in [-0.05, 0) is 6.92 Å². The SMILES string of the molecule is C[C@H]1C[C@@H](Oc2cnc(C#N)cn2)CCN1C(=O)O. The second kappa shape index (κ2) is 5.52. The van der Waals surface area contributed by atoms with Crippen LogP contribution in [0.15, 0.2) is 12.4 Å². The van der Waals surface area contributed by atoms with Gasteiger partial charge in [-0.2, -0.15) is 5.26 Å². The van der Waals surface area contributed by atoms with Crippen molar-refractivity contribution in [2.24, 2.45) is 0 Å². The Kier molecular flexibility index (Phi) is 3.80. The largest absolute Gasteiger partial charge is 0.473 e. The lowest BCUT2D eigenvalue weighted by Gasteiger charge is -2.35. The molecule has 1 aliphatic rings. The number of likely N-dealkylation sites (tertiary alicyclic amines) is 1. The van der Waals surface area contributed by atoms with E-state index in [1.165, 1.54) is 17.3 Å². The summed E-state index contributed by atoms with van der Waals surface area (Å²) in [6, 6.07) is 1.80. The fourth-order valence-electron chi connectivity index (χ4n) is 2.13. The summed E-state index contributed by atoms with van der Waals surface area (Å²) in [7, 11) is 0. The fraction of sp³-hybridized carbons (Fsp3) is 0.500. The first-order valence-corrected chi connectivity index (χ1v) is 5.98. The maximum Gasteiger partial charge on any atom is 0.407 e. The summed E-state index contributed by atoms with van der Waals surface area (Å²) >= 11 is 0. The van der Waals surface area contributed by atoms with Crippen LogP contribution in [0.25, 0.3) is 0 Å². The summed E-state index contributed by atoms with van der Waals surface area (Å²) in [5.41, 5.74) is 0.237. The Balaban J connectivity index is 1.94. The second-order valence-electron chi connectivity index (χ2n) is 4.44. The molecule has 2 rings (SSSR count). The van der Waals surface area contributed by atoms with Crippen LogP contribution in [0.5, 0.6) is 5.88 Å². The predicted octanol–water partition coefficient (Wildman–Crippen LogP) is 1.26. The molecule has 0 saturated carbocycles. The minimum atomic E-state index is -0.899. The molecule has 0 unspecified atom stereocenters. The monoisotopic (exact) mass is 262 g/mol. The van der Waals surface area contributed by atoms with Crippen molar-refractivity contribution in [3.05, 3.63) is 18.1 Å². The van der Waals surface area contributed by atoms with Crippen LogP contribution in [0, 0.1) is 11.3 Å². The number of aromatic nitrogens is 2. The number of nitrogens with zero attached hydrogens (tertiary/aromatic N) is 4. The van der Waals surface area contributed by atoms with Gasteiger partial charge in [-0.1, -0.05) is 0 Å². The van der Waals surface area contributed by atoms with Gasteiger partial charge in [-0.3, -0.25) is 0 Å². The number of hydrogen-bond donors (Lipinski definition) is 1. The van der Waals surface area contributed by atoms with Crippen molar-refractivity contribution in [2.45, 2.75) is 31.9 Å². The molecule has 1 saturated heterocycles. The summed E-state index contributed by atoms with van der Waals surface area (Å²) in [6.07, 6.45) is 3.03. The van der Waals surface area contributed by atoms with Gasteiger partial charge < -0.3 is 14.7 Å².